The van der Waals surface area contributed by atoms with E-state index in [-0.39, 0.29) is 24.3 Å². The van der Waals surface area contributed by atoms with Gasteiger partial charge < -0.3 is 10.3 Å². The molecule has 98 valence electrons. The molecule has 0 bridgehead atoms. The number of nitrogens with two attached hydrogens (primary N) is 1. The smallest absolute Gasteiger partial charge is 0.234 e. The van der Waals surface area contributed by atoms with Gasteiger partial charge in [0, 0.05) is 24.4 Å². The second kappa shape index (κ2) is 4.12. The Morgan fingerprint density at radius 3 is 2.67 bits per heavy atom. The molecule has 1 aromatic rings. The van der Waals surface area contributed by atoms with E-state index in [2.05, 4.69) is 5.16 Å². The second-order valence-electron chi connectivity index (χ2n) is 5.61. The summed E-state index contributed by atoms with van der Waals surface area (Å²) in [6.07, 6.45) is 0.140. The van der Waals surface area contributed by atoms with Crippen molar-refractivity contribution < 1.29 is 14.1 Å². The highest BCUT2D eigenvalue weighted by molar-refractivity contribution is 5.99. The van der Waals surface area contributed by atoms with Crippen LogP contribution in [0.1, 0.15) is 32.9 Å². The zero-order chi connectivity index (χ0) is 13.5. The minimum Gasteiger partial charge on any atom is -0.369 e. The summed E-state index contributed by atoms with van der Waals surface area (Å²) >= 11 is 0. The van der Waals surface area contributed by atoms with E-state index < -0.39 is 11.8 Å². The van der Waals surface area contributed by atoms with Gasteiger partial charge in [0.15, 0.2) is 0 Å². The van der Waals surface area contributed by atoms with E-state index in [9.17, 15) is 9.59 Å². The maximum atomic E-state index is 11.8. The van der Waals surface area contributed by atoms with Crippen LogP contribution in [-0.4, -0.2) is 23.5 Å². The standard InChI is InChI=1S/C12H17N3O3/c1-12(2,3)8-5-10(18-14-8)15-6-7(11(13)17)4-9(15)16/h5,7H,4,6H2,1-3H3,(H2,13,17). The summed E-state index contributed by atoms with van der Waals surface area (Å²) in [5.41, 5.74) is 5.84. The first-order valence-electron chi connectivity index (χ1n) is 5.86. The Labute approximate surface area is 105 Å². The molecule has 1 atom stereocenters. The fourth-order valence-corrected chi connectivity index (χ4v) is 1.86. The second-order valence-corrected chi connectivity index (χ2v) is 5.61. The van der Waals surface area contributed by atoms with Gasteiger partial charge in [-0.25, -0.2) is 0 Å². The largest absolute Gasteiger partial charge is 0.369 e. The summed E-state index contributed by atoms with van der Waals surface area (Å²) in [6.45, 7) is 6.29. The first-order valence-corrected chi connectivity index (χ1v) is 5.86. The van der Waals surface area contributed by atoms with Crippen LogP contribution in [-0.2, 0) is 15.0 Å². The van der Waals surface area contributed by atoms with Crippen LogP contribution in [0.4, 0.5) is 5.88 Å². The number of hydrogen-bond acceptors (Lipinski definition) is 4. The van der Waals surface area contributed by atoms with E-state index in [1.165, 1.54) is 4.90 Å². The molecule has 2 heterocycles. The number of anilines is 1. The van der Waals surface area contributed by atoms with Gasteiger partial charge in [0.1, 0.15) is 0 Å². The highest BCUT2D eigenvalue weighted by Crippen LogP contribution is 2.29. The molecule has 2 rings (SSSR count). The number of nitrogens with zero attached hydrogens (tertiary/aromatic N) is 2. The van der Waals surface area contributed by atoms with Crippen molar-refractivity contribution in [1.82, 2.24) is 5.16 Å². The maximum Gasteiger partial charge on any atom is 0.234 e. The molecule has 0 spiro atoms. The van der Waals surface area contributed by atoms with E-state index in [1.807, 2.05) is 20.8 Å². The van der Waals surface area contributed by atoms with Gasteiger partial charge in [0.2, 0.25) is 17.7 Å². The first kappa shape index (κ1) is 12.6. The molecule has 2 N–H and O–H groups in total. The summed E-state index contributed by atoms with van der Waals surface area (Å²) < 4.78 is 5.18. The van der Waals surface area contributed by atoms with Crippen LogP contribution in [0.25, 0.3) is 0 Å². The fourth-order valence-electron chi connectivity index (χ4n) is 1.86. The van der Waals surface area contributed by atoms with Crippen molar-refractivity contribution in [3.63, 3.8) is 0 Å². The van der Waals surface area contributed by atoms with E-state index in [1.54, 1.807) is 6.07 Å². The Bertz CT molecular complexity index is 487. The van der Waals surface area contributed by atoms with Crippen LogP contribution >= 0.6 is 0 Å². The molecular weight excluding hydrogens is 234 g/mol. The Kier molecular flexibility index (Phi) is 2.88. The van der Waals surface area contributed by atoms with Gasteiger partial charge >= 0.3 is 0 Å². The quantitative estimate of drug-likeness (QED) is 0.842. The minimum atomic E-state index is -0.457. The van der Waals surface area contributed by atoms with Gasteiger partial charge in [-0.05, 0) is 0 Å². The molecule has 0 aromatic carbocycles. The van der Waals surface area contributed by atoms with Crippen molar-refractivity contribution in [3.8, 4) is 0 Å². The van der Waals surface area contributed by atoms with Crippen molar-refractivity contribution >= 4 is 17.7 Å². The zero-order valence-electron chi connectivity index (χ0n) is 10.8. The number of carbonyl (C=O) groups is 2. The van der Waals surface area contributed by atoms with E-state index >= 15 is 0 Å². The lowest BCUT2D eigenvalue weighted by Gasteiger charge is -2.13. The molecule has 0 saturated carbocycles. The monoisotopic (exact) mass is 251 g/mol. The highest BCUT2D eigenvalue weighted by atomic mass is 16.5. The maximum absolute atomic E-state index is 11.8. The van der Waals surface area contributed by atoms with Crippen LogP contribution in [0.3, 0.4) is 0 Å². The van der Waals surface area contributed by atoms with Crippen LogP contribution in [0, 0.1) is 5.92 Å². The number of carbonyl (C=O) groups excluding carboxylic acids is 2. The molecule has 0 aliphatic carbocycles. The molecule has 1 saturated heterocycles. The van der Waals surface area contributed by atoms with Gasteiger partial charge in [-0.2, -0.15) is 0 Å². The molecule has 0 radical (unpaired) electrons. The number of amides is 2. The lowest BCUT2D eigenvalue weighted by atomic mass is 9.92. The fraction of sp³-hybridized carbons (Fsp3) is 0.583. The lowest BCUT2D eigenvalue weighted by Crippen LogP contribution is -2.28. The van der Waals surface area contributed by atoms with Crippen LogP contribution in [0.15, 0.2) is 10.6 Å². The number of aromatic nitrogens is 1. The van der Waals surface area contributed by atoms with Crippen LogP contribution < -0.4 is 10.6 Å². The Balaban J connectivity index is 2.20. The predicted octanol–water partition coefficient (Wildman–Crippen LogP) is 0.810. The summed E-state index contributed by atoms with van der Waals surface area (Å²) in [5.74, 6) is -0.675. The molecule has 1 fully saturated rings. The molecule has 1 aromatic heterocycles. The molecule has 1 aliphatic rings. The molecule has 6 heteroatoms. The first-order chi connectivity index (χ1) is 8.29. The molecule has 18 heavy (non-hydrogen) atoms. The van der Waals surface area contributed by atoms with Crippen LogP contribution in [0.5, 0.6) is 0 Å². The van der Waals surface area contributed by atoms with Crippen molar-refractivity contribution in [2.75, 3.05) is 11.4 Å². The summed E-state index contributed by atoms with van der Waals surface area (Å²) in [7, 11) is 0. The Morgan fingerprint density at radius 2 is 2.22 bits per heavy atom. The van der Waals surface area contributed by atoms with Gasteiger partial charge in [-0.15, -0.1) is 0 Å². The van der Waals surface area contributed by atoms with Gasteiger partial charge in [0.25, 0.3) is 0 Å². The van der Waals surface area contributed by atoms with Gasteiger partial charge in [0.05, 0.1) is 11.6 Å². The zero-order valence-corrected chi connectivity index (χ0v) is 10.8. The average molecular weight is 251 g/mol. The predicted molar refractivity (Wildman–Crippen MR) is 64.9 cm³/mol. The Morgan fingerprint density at radius 1 is 1.56 bits per heavy atom. The average Bonchev–Trinajstić information content (AvgIpc) is 2.81. The summed E-state index contributed by atoms with van der Waals surface area (Å²) in [5, 5.41) is 3.95. The number of primary amides is 1. The lowest BCUT2D eigenvalue weighted by molar-refractivity contribution is -0.123. The molecule has 1 unspecified atom stereocenters. The van der Waals surface area contributed by atoms with Crippen molar-refractivity contribution in [2.24, 2.45) is 11.7 Å². The topological polar surface area (TPSA) is 89.4 Å². The van der Waals surface area contributed by atoms with Gasteiger partial charge in [-0.1, -0.05) is 25.9 Å². The van der Waals surface area contributed by atoms with E-state index in [0.29, 0.717) is 5.88 Å². The molecule has 6 nitrogen and oxygen atoms in total. The van der Waals surface area contributed by atoms with Crippen molar-refractivity contribution in [3.05, 3.63) is 11.8 Å². The number of rotatable bonds is 2. The Hall–Kier alpha value is -1.85. The normalized spacial score (nSPS) is 20.5. The molecule has 1 aliphatic heterocycles. The van der Waals surface area contributed by atoms with Crippen molar-refractivity contribution in [1.29, 1.82) is 0 Å². The van der Waals surface area contributed by atoms with Gasteiger partial charge in [-0.3, -0.25) is 14.5 Å². The highest BCUT2D eigenvalue weighted by Gasteiger charge is 2.36. The molecule has 2 amide bonds. The summed E-state index contributed by atoms with van der Waals surface area (Å²) in [4.78, 5) is 24.3. The van der Waals surface area contributed by atoms with Crippen LogP contribution in [0.2, 0.25) is 0 Å². The van der Waals surface area contributed by atoms with E-state index in [0.717, 1.165) is 5.69 Å². The third kappa shape index (κ3) is 2.23. The number of hydrogen-bond donors (Lipinski definition) is 1. The third-order valence-corrected chi connectivity index (χ3v) is 3.06. The van der Waals surface area contributed by atoms with Crippen molar-refractivity contribution in [2.45, 2.75) is 32.6 Å². The third-order valence-electron chi connectivity index (χ3n) is 3.06. The van der Waals surface area contributed by atoms with E-state index in [4.69, 9.17) is 10.3 Å². The molecular formula is C12H17N3O3. The SMILES string of the molecule is CC(C)(C)c1cc(N2CC(C(N)=O)CC2=O)on1. The minimum absolute atomic E-state index is 0.140. The summed E-state index contributed by atoms with van der Waals surface area (Å²) in [6, 6.07) is 1.74.